The summed E-state index contributed by atoms with van der Waals surface area (Å²) in [4.78, 5) is 10.6. The van der Waals surface area contributed by atoms with Crippen molar-refractivity contribution in [1.29, 1.82) is 0 Å². The van der Waals surface area contributed by atoms with Gasteiger partial charge in [-0.2, -0.15) is 0 Å². The molecular formula is C11H30O13Si8. The summed E-state index contributed by atoms with van der Waals surface area (Å²) in [6.45, 7) is 7.25. The third kappa shape index (κ3) is 9.98. The second kappa shape index (κ2) is 14.8. The second-order valence-corrected chi connectivity index (χ2v) is 21.7. The highest BCUT2D eigenvalue weighted by molar-refractivity contribution is 6.82. The lowest BCUT2D eigenvalue weighted by atomic mass is 11.8. The van der Waals surface area contributed by atoms with Gasteiger partial charge in [0.05, 0.1) is 0 Å². The molecule has 32 heavy (non-hydrogen) atoms. The molecule has 2 atom stereocenters. The van der Waals surface area contributed by atoms with E-state index in [-0.39, 0.29) is 0 Å². The molecule has 0 bridgehead atoms. The fourth-order valence-corrected chi connectivity index (χ4v) is 19.5. The molecule has 0 saturated carbocycles. The van der Waals surface area contributed by atoms with Crippen LogP contribution < -0.4 is 0 Å². The molecule has 0 amide bonds. The van der Waals surface area contributed by atoms with Crippen molar-refractivity contribution >= 4 is 72.7 Å². The first-order valence-corrected chi connectivity index (χ1v) is 22.1. The van der Waals surface area contributed by atoms with E-state index in [0.29, 0.717) is 0 Å². The van der Waals surface area contributed by atoms with Gasteiger partial charge in [-0.15, -0.1) is 12.0 Å². The van der Waals surface area contributed by atoms with Crippen molar-refractivity contribution in [2.24, 2.45) is 0 Å². The number of hydrogen-bond acceptors (Lipinski definition) is 13. The smallest absolute Gasteiger partial charge is 0.496 e. The van der Waals surface area contributed by atoms with Crippen LogP contribution in [0.25, 0.3) is 0 Å². The monoisotopic (exact) mass is 594 g/mol. The molecule has 0 aliphatic carbocycles. The Morgan fingerprint density at radius 3 is 1.31 bits per heavy atom. The average Bonchev–Trinajstić information content (AvgIpc) is 2.72. The predicted octanol–water partition coefficient (Wildman–Crippen LogP) is -1.01. The van der Waals surface area contributed by atoms with Crippen molar-refractivity contribution < 1.29 is 55.7 Å². The summed E-state index contributed by atoms with van der Waals surface area (Å²) in [6.07, 6.45) is 0. The standard InChI is InChI=1S/C11H30O13Si8/c1-13-29(12,14-2)22-32(19-26-7,21-28(10)11)24-30(15-3,16-4)23-31(17-5,18-25-6)20-27(8)9/h6-7,12H,1-5,8-11H3. The van der Waals surface area contributed by atoms with E-state index in [1.54, 1.807) is 13.1 Å². The first kappa shape index (κ1) is 32.5. The Morgan fingerprint density at radius 1 is 0.594 bits per heavy atom. The van der Waals surface area contributed by atoms with E-state index >= 15 is 0 Å². The van der Waals surface area contributed by atoms with Gasteiger partial charge in [-0.3, -0.25) is 0 Å². The molecule has 0 saturated heterocycles. The van der Waals surface area contributed by atoms with Crippen molar-refractivity contribution in [3.8, 4) is 12.0 Å². The van der Waals surface area contributed by atoms with E-state index in [9.17, 15) is 4.80 Å². The van der Waals surface area contributed by atoms with Crippen LogP contribution >= 0.6 is 0 Å². The minimum atomic E-state index is -4.37. The molecule has 1 N–H and O–H groups in total. The molecule has 0 fully saturated rings. The molecule has 0 spiro atoms. The Morgan fingerprint density at radius 2 is 0.969 bits per heavy atom. The Labute approximate surface area is 201 Å². The summed E-state index contributed by atoms with van der Waals surface area (Å²) in [5.74, 6) is 0. The van der Waals surface area contributed by atoms with Gasteiger partial charge in [-0.25, -0.2) is 0 Å². The van der Waals surface area contributed by atoms with E-state index in [1.165, 1.54) is 35.5 Å². The fourth-order valence-electron chi connectivity index (χ4n) is 1.86. The Hall–Kier alpha value is 0.455. The summed E-state index contributed by atoms with van der Waals surface area (Å²) in [5.41, 5.74) is 0. The van der Waals surface area contributed by atoms with Gasteiger partial charge in [0.25, 0.3) is 0 Å². The van der Waals surface area contributed by atoms with Crippen molar-refractivity contribution in [3.05, 3.63) is 0 Å². The maximum Gasteiger partial charge on any atom is 0.727 e. The van der Waals surface area contributed by atoms with Gasteiger partial charge < -0.3 is 55.7 Å². The summed E-state index contributed by atoms with van der Waals surface area (Å²) >= 11 is 0. The predicted molar refractivity (Wildman–Crippen MR) is 124 cm³/mol. The lowest BCUT2D eigenvalue weighted by Crippen LogP contribution is -2.70. The highest BCUT2D eigenvalue weighted by Gasteiger charge is 2.69. The van der Waals surface area contributed by atoms with Crippen LogP contribution in [0.3, 0.4) is 0 Å². The van der Waals surface area contributed by atoms with Gasteiger partial charge in [0.15, 0.2) is 0 Å². The summed E-state index contributed by atoms with van der Waals surface area (Å²) in [5, 5.41) is 0. The zero-order valence-electron chi connectivity index (χ0n) is 19.5. The molecule has 0 rings (SSSR count). The molecule has 0 aromatic carbocycles. The minimum Gasteiger partial charge on any atom is -0.496 e. The largest absolute Gasteiger partial charge is 0.727 e. The molecule has 0 aromatic rings. The van der Waals surface area contributed by atoms with Crippen LogP contribution in [0.1, 0.15) is 0 Å². The van der Waals surface area contributed by atoms with Crippen LogP contribution in [0, 0.1) is 12.0 Å². The maximum atomic E-state index is 10.6. The van der Waals surface area contributed by atoms with E-state index in [1.807, 2.05) is 13.1 Å². The van der Waals surface area contributed by atoms with Crippen LogP contribution in [0.5, 0.6) is 0 Å². The number of hydrogen-bond donors (Lipinski definition) is 1. The molecule has 0 heterocycles. The van der Waals surface area contributed by atoms with Gasteiger partial charge in [0.2, 0.25) is 36.5 Å². The Balaban J connectivity index is 6.48. The summed E-state index contributed by atoms with van der Waals surface area (Å²) in [6, 6.07) is 11.2. The van der Waals surface area contributed by atoms with Crippen LogP contribution in [-0.2, 0) is 50.9 Å². The lowest BCUT2D eigenvalue weighted by Gasteiger charge is -2.38. The highest BCUT2D eigenvalue weighted by atomic mass is 28.6. The van der Waals surface area contributed by atoms with Gasteiger partial charge >= 0.3 is 36.2 Å². The second-order valence-electron chi connectivity index (χ2n) is 5.81. The summed E-state index contributed by atoms with van der Waals surface area (Å²) in [7, 11) is -14.7. The van der Waals surface area contributed by atoms with Gasteiger partial charge in [-0.1, -0.05) is 0 Å². The first-order chi connectivity index (χ1) is 14.9. The van der Waals surface area contributed by atoms with Crippen LogP contribution in [0.4, 0.5) is 0 Å². The zero-order valence-corrected chi connectivity index (χ0v) is 27.5. The number of rotatable bonds is 17. The third-order valence-corrected chi connectivity index (χ3v) is 19.8. The SMILES string of the molecule is C#[Si]O[Si](OC)(O[Si](C)C)O[Si](OC)(OC)O[Si](O[Si]#C)(O[Si](C)C)O[Si](O)(OC)OC. The molecule has 2 radical (unpaired) electrons. The molecule has 13 nitrogen and oxygen atoms in total. The van der Waals surface area contributed by atoms with Crippen molar-refractivity contribution in [2.45, 2.75) is 26.2 Å². The molecule has 0 aliphatic heterocycles. The third-order valence-electron chi connectivity index (χ3n) is 3.05. The maximum absolute atomic E-state index is 10.6. The van der Waals surface area contributed by atoms with E-state index in [2.05, 4.69) is 0 Å². The van der Waals surface area contributed by atoms with Crippen LogP contribution in [0.2, 0.25) is 26.2 Å². The molecule has 2 unspecified atom stereocenters. The molecule has 21 heteroatoms. The van der Waals surface area contributed by atoms with Gasteiger partial charge in [0.1, 0.15) is 0 Å². The first-order valence-electron chi connectivity index (χ1n) is 8.72. The minimum absolute atomic E-state index is 0.531. The molecular weight excluding hydrogens is 565 g/mol. The van der Waals surface area contributed by atoms with Gasteiger partial charge in [0, 0.05) is 35.5 Å². The zero-order chi connectivity index (χ0) is 25.1. The van der Waals surface area contributed by atoms with Gasteiger partial charge in [-0.05, 0) is 26.2 Å². The van der Waals surface area contributed by atoms with E-state index in [0.717, 1.165) is 0 Å². The van der Waals surface area contributed by atoms with Crippen LogP contribution in [-0.4, -0.2) is 113 Å². The molecule has 0 aliphatic rings. The lowest BCUT2D eigenvalue weighted by molar-refractivity contribution is -0.0240. The molecule has 184 valence electrons. The average molecular weight is 595 g/mol. The van der Waals surface area contributed by atoms with Crippen molar-refractivity contribution in [1.82, 2.24) is 0 Å². The normalized spacial score (nSPS) is 16.2. The fraction of sp³-hybridized carbons (Fsp3) is 0.818. The Kier molecular flexibility index (Phi) is 15.0. The highest BCUT2D eigenvalue weighted by Crippen LogP contribution is 2.28. The summed E-state index contributed by atoms with van der Waals surface area (Å²) < 4.78 is 67.1. The quantitative estimate of drug-likeness (QED) is 0.207. The van der Waals surface area contributed by atoms with Crippen molar-refractivity contribution in [2.75, 3.05) is 35.5 Å². The topological polar surface area (TPSA) is 131 Å². The van der Waals surface area contributed by atoms with E-state index < -0.39 is 72.7 Å². The van der Waals surface area contributed by atoms with Crippen LogP contribution in [0.15, 0.2) is 0 Å². The Bertz CT molecular complexity index is 636. The van der Waals surface area contributed by atoms with E-state index in [4.69, 9.17) is 62.9 Å². The molecule has 0 aromatic heterocycles. The van der Waals surface area contributed by atoms with Crippen molar-refractivity contribution in [3.63, 3.8) is 0 Å².